The summed E-state index contributed by atoms with van der Waals surface area (Å²) < 4.78 is 6.75. The molecule has 1 aromatic heterocycles. The second kappa shape index (κ2) is 8.04. The van der Waals surface area contributed by atoms with E-state index < -0.39 is 0 Å². The lowest BCUT2D eigenvalue weighted by Gasteiger charge is -2.28. The number of hydrogen-bond acceptors (Lipinski definition) is 5. The lowest BCUT2D eigenvalue weighted by atomic mass is 9.96. The highest BCUT2D eigenvalue weighted by Gasteiger charge is 2.19. The summed E-state index contributed by atoms with van der Waals surface area (Å²) in [6.45, 7) is 9.07. The topological polar surface area (TPSA) is 62.4 Å². The summed E-state index contributed by atoms with van der Waals surface area (Å²) in [5.74, 6) is 1.11. The molecule has 0 saturated heterocycles. The zero-order chi connectivity index (χ0) is 16.9. The quantitative estimate of drug-likeness (QED) is 0.791. The van der Waals surface area contributed by atoms with E-state index in [1.165, 1.54) is 0 Å². The molecule has 0 unspecified atom stereocenters. The van der Waals surface area contributed by atoms with Gasteiger partial charge in [-0.3, -0.25) is 4.90 Å². The van der Waals surface area contributed by atoms with Crippen LogP contribution >= 0.6 is 15.9 Å². The van der Waals surface area contributed by atoms with Crippen LogP contribution in [0.4, 0.5) is 0 Å². The van der Waals surface area contributed by atoms with Crippen LogP contribution in [0, 0.1) is 5.41 Å². The summed E-state index contributed by atoms with van der Waals surface area (Å²) in [6.07, 6.45) is 0.737. The second-order valence-electron chi connectivity index (χ2n) is 6.83. The summed E-state index contributed by atoms with van der Waals surface area (Å²) in [6, 6.07) is 7.79. The molecule has 0 radical (unpaired) electrons. The number of hydrogen-bond donors (Lipinski definition) is 1. The van der Waals surface area contributed by atoms with Crippen LogP contribution in [0.25, 0.3) is 11.5 Å². The molecule has 0 aliphatic rings. The van der Waals surface area contributed by atoms with Gasteiger partial charge in [0.1, 0.15) is 0 Å². The third-order valence-corrected chi connectivity index (χ3v) is 3.95. The van der Waals surface area contributed by atoms with Gasteiger partial charge in [0.15, 0.2) is 0 Å². The largest absolute Gasteiger partial charge is 0.419 e. The normalized spacial score (nSPS) is 12.1. The fourth-order valence-electron chi connectivity index (χ4n) is 2.43. The van der Waals surface area contributed by atoms with E-state index in [2.05, 4.69) is 51.8 Å². The lowest BCUT2D eigenvalue weighted by Crippen LogP contribution is -2.33. The molecule has 126 valence electrons. The zero-order valence-electron chi connectivity index (χ0n) is 13.9. The van der Waals surface area contributed by atoms with Crippen molar-refractivity contribution in [2.45, 2.75) is 33.7 Å². The zero-order valence-corrected chi connectivity index (χ0v) is 15.5. The smallest absolute Gasteiger partial charge is 0.248 e. The molecule has 5 nitrogen and oxygen atoms in total. The average Bonchev–Trinajstić information content (AvgIpc) is 2.92. The van der Waals surface area contributed by atoms with Gasteiger partial charge < -0.3 is 9.52 Å². The predicted molar refractivity (Wildman–Crippen MR) is 93.9 cm³/mol. The highest BCUT2D eigenvalue weighted by molar-refractivity contribution is 9.10. The molecule has 2 aromatic rings. The maximum absolute atomic E-state index is 9.08. The van der Waals surface area contributed by atoms with E-state index in [1.54, 1.807) is 0 Å². The molecule has 0 fully saturated rings. The van der Waals surface area contributed by atoms with Crippen molar-refractivity contribution in [1.29, 1.82) is 0 Å². The molecule has 1 aromatic carbocycles. The van der Waals surface area contributed by atoms with Gasteiger partial charge in [0.05, 0.1) is 12.1 Å². The van der Waals surface area contributed by atoms with Gasteiger partial charge >= 0.3 is 0 Å². The third-order valence-electron chi connectivity index (χ3n) is 3.26. The minimum atomic E-state index is 0.167. The standard InChI is InChI=1S/C17H24BrN3O2/c1-17(2,3)12-21(9-6-10-22)11-15-19-20-16(23-15)13-7-4-5-8-14(13)18/h4-5,7-8,22H,6,9-12H2,1-3H3. The van der Waals surface area contributed by atoms with Crippen LogP contribution in [0.5, 0.6) is 0 Å². The first-order valence-corrected chi connectivity index (χ1v) is 8.59. The first-order chi connectivity index (χ1) is 10.9. The van der Waals surface area contributed by atoms with Gasteiger partial charge in [-0.2, -0.15) is 0 Å². The van der Waals surface area contributed by atoms with Crippen LogP contribution in [0.2, 0.25) is 0 Å². The van der Waals surface area contributed by atoms with Gasteiger partial charge in [-0.05, 0) is 39.9 Å². The van der Waals surface area contributed by atoms with Crippen molar-refractivity contribution in [2.75, 3.05) is 19.7 Å². The van der Waals surface area contributed by atoms with Gasteiger partial charge in [0.25, 0.3) is 0 Å². The van der Waals surface area contributed by atoms with Crippen LogP contribution in [0.3, 0.4) is 0 Å². The Hall–Kier alpha value is -1.24. The Morgan fingerprint density at radius 1 is 1.22 bits per heavy atom. The molecule has 6 heteroatoms. The van der Waals surface area contributed by atoms with E-state index in [1.807, 2.05) is 24.3 Å². The molecule has 0 aliphatic carbocycles. The first kappa shape index (κ1) is 18.1. The Morgan fingerprint density at radius 2 is 1.96 bits per heavy atom. The van der Waals surface area contributed by atoms with Crippen molar-refractivity contribution in [1.82, 2.24) is 15.1 Å². The Labute approximate surface area is 145 Å². The molecule has 0 amide bonds. The van der Waals surface area contributed by atoms with Gasteiger partial charge in [-0.15, -0.1) is 10.2 Å². The maximum atomic E-state index is 9.08. The van der Waals surface area contributed by atoms with Crippen molar-refractivity contribution in [2.24, 2.45) is 5.41 Å². The number of aliphatic hydroxyl groups is 1. The molecule has 0 saturated carbocycles. The molecule has 23 heavy (non-hydrogen) atoms. The van der Waals surface area contributed by atoms with Gasteiger partial charge in [-0.1, -0.05) is 32.9 Å². The van der Waals surface area contributed by atoms with Gasteiger partial charge in [-0.25, -0.2) is 0 Å². The number of aliphatic hydroxyl groups excluding tert-OH is 1. The molecule has 0 aliphatic heterocycles. The molecule has 0 atom stereocenters. The van der Waals surface area contributed by atoms with Crippen LogP contribution < -0.4 is 0 Å². The Morgan fingerprint density at radius 3 is 2.61 bits per heavy atom. The fraction of sp³-hybridized carbons (Fsp3) is 0.529. The summed E-state index contributed by atoms with van der Waals surface area (Å²) in [4.78, 5) is 2.24. The number of rotatable bonds is 7. The number of nitrogens with zero attached hydrogens (tertiary/aromatic N) is 3. The van der Waals surface area contributed by atoms with E-state index in [0.29, 0.717) is 18.3 Å². The molecular formula is C17H24BrN3O2. The molecular weight excluding hydrogens is 358 g/mol. The summed E-state index contributed by atoms with van der Waals surface area (Å²) in [5.41, 5.74) is 1.06. The number of halogens is 1. The third kappa shape index (κ3) is 5.71. The van der Waals surface area contributed by atoms with Crippen LogP contribution in [0.15, 0.2) is 33.2 Å². The average molecular weight is 382 g/mol. The van der Waals surface area contributed by atoms with Crippen molar-refractivity contribution >= 4 is 15.9 Å². The van der Waals surface area contributed by atoms with Gasteiger partial charge in [0.2, 0.25) is 11.8 Å². The Balaban J connectivity index is 2.10. The highest BCUT2D eigenvalue weighted by Crippen LogP contribution is 2.27. The van der Waals surface area contributed by atoms with E-state index in [4.69, 9.17) is 9.52 Å². The van der Waals surface area contributed by atoms with Crippen molar-refractivity contribution in [3.05, 3.63) is 34.6 Å². The minimum Gasteiger partial charge on any atom is -0.419 e. The number of benzene rings is 1. The van der Waals surface area contributed by atoms with Crippen molar-refractivity contribution in [3.8, 4) is 11.5 Å². The lowest BCUT2D eigenvalue weighted by molar-refractivity contribution is 0.155. The van der Waals surface area contributed by atoms with Crippen molar-refractivity contribution in [3.63, 3.8) is 0 Å². The monoisotopic (exact) mass is 381 g/mol. The molecule has 0 bridgehead atoms. The summed E-state index contributed by atoms with van der Waals surface area (Å²) in [7, 11) is 0. The van der Waals surface area contributed by atoms with E-state index >= 15 is 0 Å². The van der Waals surface area contributed by atoms with Crippen molar-refractivity contribution < 1.29 is 9.52 Å². The first-order valence-electron chi connectivity index (χ1n) is 7.79. The van der Waals surface area contributed by atoms with E-state index in [-0.39, 0.29) is 12.0 Å². The summed E-state index contributed by atoms with van der Waals surface area (Å²) >= 11 is 3.50. The second-order valence-corrected chi connectivity index (χ2v) is 7.68. The predicted octanol–water partition coefficient (Wildman–Crippen LogP) is 3.73. The SMILES string of the molecule is CC(C)(C)CN(CCCO)Cc1nnc(-c2ccccc2Br)o1. The molecule has 1 heterocycles. The maximum Gasteiger partial charge on any atom is 0.248 e. The molecule has 1 N–H and O–H groups in total. The van der Waals surface area contributed by atoms with E-state index in [9.17, 15) is 0 Å². The molecule has 2 rings (SSSR count). The van der Waals surface area contributed by atoms with Gasteiger partial charge in [0, 0.05) is 24.2 Å². The Kier molecular flexibility index (Phi) is 6.33. The molecule has 0 spiro atoms. The van der Waals surface area contributed by atoms with Crippen LogP contribution in [0.1, 0.15) is 33.1 Å². The minimum absolute atomic E-state index is 0.167. The fourth-order valence-corrected chi connectivity index (χ4v) is 2.89. The summed E-state index contributed by atoms with van der Waals surface area (Å²) in [5, 5.41) is 17.4. The van der Waals surface area contributed by atoms with Crippen LogP contribution in [-0.2, 0) is 6.54 Å². The Bertz CT molecular complexity index is 622. The van der Waals surface area contributed by atoms with E-state index in [0.717, 1.165) is 29.5 Å². The number of aromatic nitrogens is 2. The van der Waals surface area contributed by atoms with Crippen LogP contribution in [-0.4, -0.2) is 39.9 Å². The highest BCUT2D eigenvalue weighted by atomic mass is 79.9.